The Morgan fingerprint density at radius 1 is 1.19 bits per heavy atom. The van der Waals surface area contributed by atoms with E-state index in [-0.39, 0.29) is 5.91 Å². The quantitative estimate of drug-likeness (QED) is 0.885. The van der Waals surface area contributed by atoms with Gasteiger partial charge in [-0.05, 0) is 62.3 Å². The Morgan fingerprint density at radius 2 is 1.95 bits per heavy atom. The van der Waals surface area contributed by atoms with Crippen molar-refractivity contribution in [1.29, 1.82) is 0 Å². The Labute approximate surface area is 130 Å². The molecule has 2 rings (SSSR count). The lowest BCUT2D eigenvalue weighted by atomic mass is 10.0. The van der Waals surface area contributed by atoms with Crippen molar-refractivity contribution < 1.29 is 4.79 Å². The maximum absolute atomic E-state index is 12.5. The third kappa shape index (κ3) is 4.06. The largest absolute Gasteiger partial charge is 0.322 e. The first kappa shape index (κ1) is 15.5. The molecule has 110 valence electrons. The van der Waals surface area contributed by atoms with E-state index in [0.717, 1.165) is 29.8 Å². The Balaban J connectivity index is 2.20. The molecule has 0 saturated heterocycles. The van der Waals surface area contributed by atoms with E-state index in [9.17, 15) is 4.79 Å². The maximum Gasteiger partial charge on any atom is 0.255 e. The zero-order valence-electron chi connectivity index (χ0n) is 12.2. The molecule has 2 aromatic rings. The lowest BCUT2D eigenvalue weighted by Crippen LogP contribution is -2.17. The fourth-order valence-corrected chi connectivity index (χ4v) is 2.40. The summed E-state index contributed by atoms with van der Waals surface area (Å²) in [5.74, 6) is -0.0906. The fourth-order valence-electron chi connectivity index (χ4n) is 2.18. The summed E-state index contributed by atoms with van der Waals surface area (Å²) in [7, 11) is 1.90. The number of halogens is 1. The normalized spacial score (nSPS) is 10.4. The summed E-state index contributed by atoms with van der Waals surface area (Å²) in [6, 6.07) is 13.1. The molecule has 0 saturated carbocycles. The van der Waals surface area contributed by atoms with Gasteiger partial charge in [-0.2, -0.15) is 0 Å². The standard InChI is InChI=1S/C17H19ClN2O/c1-12-11-14(18)7-8-16(12)20-17(21)15-6-4-3-5-13(15)9-10-19-2/h3-8,11,19H,9-10H2,1-2H3,(H,20,21). The summed E-state index contributed by atoms with van der Waals surface area (Å²) >= 11 is 5.93. The Hall–Kier alpha value is -1.84. The van der Waals surface area contributed by atoms with Gasteiger partial charge in [0.25, 0.3) is 5.91 Å². The van der Waals surface area contributed by atoms with Gasteiger partial charge in [0.2, 0.25) is 0 Å². The minimum Gasteiger partial charge on any atom is -0.322 e. The van der Waals surface area contributed by atoms with E-state index in [1.54, 1.807) is 6.07 Å². The molecule has 0 aliphatic rings. The van der Waals surface area contributed by atoms with Crippen LogP contribution in [0.1, 0.15) is 21.5 Å². The molecular weight excluding hydrogens is 284 g/mol. The van der Waals surface area contributed by atoms with Crippen LogP contribution >= 0.6 is 11.6 Å². The highest BCUT2D eigenvalue weighted by atomic mass is 35.5. The predicted octanol–water partition coefficient (Wildman–Crippen LogP) is 3.66. The van der Waals surface area contributed by atoms with E-state index in [4.69, 9.17) is 11.6 Å². The van der Waals surface area contributed by atoms with Gasteiger partial charge in [0.15, 0.2) is 0 Å². The molecule has 2 N–H and O–H groups in total. The molecule has 0 fully saturated rings. The summed E-state index contributed by atoms with van der Waals surface area (Å²) in [4.78, 5) is 12.5. The van der Waals surface area contributed by atoms with Crippen molar-refractivity contribution in [2.24, 2.45) is 0 Å². The van der Waals surface area contributed by atoms with Crippen molar-refractivity contribution in [1.82, 2.24) is 5.32 Å². The molecule has 1 amide bonds. The number of hydrogen-bond donors (Lipinski definition) is 2. The van der Waals surface area contributed by atoms with E-state index in [2.05, 4.69) is 10.6 Å². The number of nitrogens with one attached hydrogen (secondary N) is 2. The number of likely N-dealkylation sites (N-methyl/N-ethyl adjacent to an activating group) is 1. The zero-order valence-corrected chi connectivity index (χ0v) is 13.0. The lowest BCUT2D eigenvalue weighted by Gasteiger charge is -2.12. The van der Waals surface area contributed by atoms with Crippen molar-refractivity contribution in [3.8, 4) is 0 Å². The summed E-state index contributed by atoms with van der Waals surface area (Å²) in [6.07, 6.45) is 0.819. The Morgan fingerprint density at radius 3 is 2.67 bits per heavy atom. The Bertz CT molecular complexity index is 640. The number of aryl methyl sites for hydroxylation is 1. The monoisotopic (exact) mass is 302 g/mol. The number of carbonyl (C=O) groups is 1. The molecule has 0 radical (unpaired) electrons. The molecule has 0 bridgehead atoms. The third-order valence-corrected chi connectivity index (χ3v) is 3.58. The summed E-state index contributed by atoms with van der Waals surface area (Å²) in [5.41, 5.74) is 3.48. The number of anilines is 1. The van der Waals surface area contributed by atoms with Crippen molar-refractivity contribution >= 4 is 23.2 Å². The van der Waals surface area contributed by atoms with Gasteiger partial charge in [0.05, 0.1) is 0 Å². The van der Waals surface area contributed by atoms with Crippen LogP contribution in [-0.2, 0) is 6.42 Å². The van der Waals surface area contributed by atoms with Gasteiger partial charge in [0.1, 0.15) is 0 Å². The molecular formula is C17H19ClN2O. The summed E-state index contributed by atoms with van der Waals surface area (Å²) in [6.45, 7) is 2.76. The second-order valence-corrected chi connectivity index (χ2v) is 5.36. The topological polar surface area (TPSA) is 41.1 Å². The first-order valence-corrected chi connectivity index (χ1v) is 7.29. The van der Waals surface area contributed by atoms with Gasteiger partial charge < -0.3 is 10.6 Å². The SMILES string of the molecule is CNCCc1ccccc1C(=O)Nc1ccc(Cl)cc1C. The summed E-state index contributed by atoms with van der Waals surface area (Å²) < 4.78 is 0. The van der Waals surface area contributed by atoms with Crippen LogP contribution in [0.5, 0.6) is 0 Å². The van der Waals surface area contributed by atoms with Gasteiger partial charge in [-0.15, -0.1) is 0 Å². The fraction of sp³-hybridized carbons (Fsp3) is 0.235. The van der Waals surface area contributed by atoms with Crippen LogP contribution in [0.2, 0.25) is 5.02 Å². The third-order valence-electron chi connectivity index (χ3n) is 3.34. The molecule has 0 atom stereocenters. The van der Waals surface area contributed by atoms with Gasteiger partial charge >= 0.3 is 0 Å². The highest BCUT2D eigenvalue weighted by Crippen LogP contribution is 2.21. The number of amides is 1. The molecule has 4 heteroatoms. The number of hydrogen-bond acceptors (Lipinski definition) is 2. The highest BCUT2D eigenvalue weighted by Gasteiger charge is 2.11. The van der Waals surface area contributed by atoms with E-state index < -0.39 is 0 Å². The molecule has 0 heterocycles. The minimum absolute atomic E-state index is 0.0906. The van der Waals surface area contributed by atoms with Crippen molar-refractivity contribution in [2.45, 2.75) is 13.3 Å². The van der Waals surface area contributed by atoms with Crippen LogP contribution in [-0.4, -0.2) is 19.5 Å². The van der Waals surface area contributed by atoms with E-state index in [1.807, 2.05) is 50.4 Å². The smallest absolute Gasteiger partial charge is 0.255 e. The van der Waals surface area contributed by atoms with Gasteiger partial charge in [0, 0.05) is 16.3 Å². The molecule has 0 unspecified atom stereocenters. The van der Waals surface area contributed by atoms with Gasteiger partial charge in [-0.1, -0.05) is 29.8 Å². The van der Waals surface area contributed by atoms with E-state index in [0.29, 0.717) is 10.6 Å². The molecule has 0 aliphatic carbocycles. The van der Waals surface area contributed by atoms with Crippen LogP contribution in [0.15, 0.2) is 42.5 Å². The second-order valence-electron chi connectivity index (χ2n) is 4.92. The average molecular weight is 303 g/mol. The van der Waals surface area contributed by atoms with Crippen molar-refractivity contribution in [3.05, 3.63) is 64.2 Å². The van der Waals surface area contributed by atoms with Crippen molar-refractivity contribution in [3.63, 3.8) is 0 Å². The first-order chi connectivity index (χ1) is 10.1. The molecule has 21 heavy (non-hydrogen) atoms. The molecule has 3 nitrogen and oxygen atoms in total. The summed E-state index contributed by atoms with van der Waals surface area (Å²) in [5, 5.41) is 6.72. The second kappa shape index (κ2) is 7.25. The molecule has 0 spiro atoms. The van der Waals surface area contributed by atoms with Gasteiger partial charge in [-0.3, -0.25) is 4.79 Å². The van der Waals surface area contributed by atoms with E-state index >= 15 is 0 Å². The lowest BCUT2D eigenvalue weighted by molar-refractivity contribution is 0.102. The molecule has 0 aliphatic heterocycles. The van der Waals surface area contributed by atoms with Crippen LogP contribution in [0.25, 0.3) is 0 Å². The van der Waals surface area contributed by atoms with E-state index in [1.165, 1.54) is 0 Å². The maximum atomic E-state index is 12.5. The van der Waals surface area contributed by atoms with Crippen LogP contribution in [0.4, 0.5) is 5.69 Å². The van der Waals surface area contributed by atoms with Crippen LogP contribution in [0, 0.1) is 6.92 Å². The average Bonchev–Trinajstić information content (AvgIpc) is 2.48. The highest BCUT2D eigenvalue weighted by molar-refractivity contribution is 6.30. The minimum atomic E-state index is -0.0906. The zero-order chi connectivity index (χ0) is 15.2. The van der Waals surface area contributed by atoms with Gasteiger partial charge in [-0.25, -0.2) is 0 Å². The predicted molar refractivity (Wildman–Crippen MR) is 88.2 cm³/mol. The number of benzene rings is 2. The first-order valence-electron chi connectivity index (χ1n) is 6.92. The van der Waals surface area contributed by atoms with Crippen LogP contribution in [0.3, 0.4) is 0 Å². The number of carbonyl (C=O) groups excluding carboxylic acids is 1. The number of rotatable bonds is 5. The Kier molecular flexibility index (Phi) is 5.37. The molecule has 0 aromatic heterocycles. The molecule has 2 aromatic carbocycles. The van der Waals surface area contributed by atoms with Crippen molar-refractivity contribution in [2.75, 3.05) is 18.9 Å². The van der Waals surface area contributed by atoms with Crippen LogP contribution < -0.4 is 10.6 Å².